The van der Waals surface area contributed by atoms with Gasteiger partial charge in [0.05, 0.1) is 15.5 Å². The summed E-state index contributed by atoms with van der Waals surface area (Å²) in [4.78, 5) is 14.0. The fourth-order valence-electron chi connectivity index (χ4n) is 7.07. The van der Waals surface area contributed by atoms with Gasteiger partial charge in [-0.15, -0.1) is 10.2 Å². The number of halogens is 1. The Balaban J connectivity index is 1.03. The number of unbranched alkanes of at least 4 members (excludes halogenated alkanes) is 9. The number of nitrogens with one attached hydrogen (secondary N) is 2. The first-order chi connectivity index (χ1) is 28.7. The molecule has 0 aliphatic rings. The van der Waals surface area contributed by atoms with Crippen LogP contribution < -0.4 is 14.8 Å². The van der Waals surface area contributed by atoms with E-state index in [9.17, 15) is 13.2 Å². The number of aromatic nitrogens is 4. The molecule has 0 saturated carbocycles. The lowest BCUT2D eigenvalue weighted by Gasteiger charge is -2.19. The van der Waals surface area contributed by atoms with Gasteiger partial charge in [0.1, 0.15) is 23.1 Å². The topological polar surface area (TPSA) is 128 Å². The number of hydrogen-bond donors (Lipinski definition) is 2. The highest BCUT2D eigenvalue weighted by Crippen LogP contribution is 2.27. The minimum atomic E-state index is -3.79. The van der Waals surface area contributed by atoms with Crippen LogP contribution in [0.1, 0.15) is 107 Å². The molecule has 1 atom stereocenters. The predicted octanol–water partition coefficient (Wildman–Crippen LogP) is 11.3. The molecule has 2 heterocycles. The van der Waals surface area contributed by atoms with Gasteiger partial charge in [0.25, 0.3) is 5.91 Å². The first kappa shape index (κ1) is 43.4. The number of rotatable bonds is 24. The Hall–Kier alpha value is -5.13. The Kier molecular flexibility index (Phi) is 16.0. The second-order valence-electron chi connectivity index (χ2n) is 15.2. The number of ether oxygens (including phenoxy) is 2. The smallest absolute Gasteiger partial charge is 0.265 e. The van der Waals surface area contributed by atoms with E-state index in [2.05, 4.69) is 27.5 Å². The standard InChI is InChI=1S/C47H56ClN5O5S/c1-3-4-5-6-7-8-9-10-11-15-20-43(47(54)49-38-24-22-36(23-25-38)19-16-21-44-50-51-46-45(48)35(2)52-53(44)46)58-40-28-32-42(33-29-40)59(55,56)41-30-26-39(27-31-41)57-34-37-17-13-12-14-18-37/h12-14,17-18,22-33,43,52H,3-11,15-16,19-21,34H2,1-2H3,(H,49,54). The number of sulfone groups is 1. The van der Waals surface area contributed by atoms with Crippen molar-refractivity contribution in [3.8, 4) is 11.5 Å². The largest absolute Gasteiger partial charge is 0.489 e. The summed E-state index contributed by atoms with van der Waals surface area (Å²) in [5, 5.41) is 15.3. The maximum atomic E-state index is 13.7. The molecule has 0 aliphatic heterocycles. The van der Waals surface area contributed by atoms with Gasteiger partial charge in [0.15, 0.2) is 17.6 Å². The molecule has 0 saturated heterocycles. The van der Waals surface area contributed by atoms with Crippen molar-refractivity contribution in [2.24, 2.45) is 0 Å². The molecule has 0 aliphatic carbocycles. The molecular formula is C47H56ClN5O5S. The highest BCUT2D eigenvalue weighted by atomic mass is 35.5. The second-order valence-corrected chi connectivity index (χ2v) is 17.5. The fourth-order valence-corrected chi connectivity index (χ4v) is 8.49. The van der Waals surface area contributed by atoms with Crippen LogP contribution in [0.3, 0.4) is 0 Å². The lowest BCUT2D eigenvalue weighted by atomic mass is 10.0. The SMILES string of the molecule is CCCCCCCCCCCCC(Oc1ccc(S(=O)(=O)c2ccc(OCc3ccccc3)cc2)cc1)C(=O)Nc1ccc(CCCc2nnc3c(Cl)c(C)[nH]n23)cc1. The van der Waals surface area contributed by atoms with Crippen molar-refractivity contribution in [1.29, 1.82) is 0 Å². The Morgan fingerprint density at radius 2 is 1.34 bits per heavy atom. The number of anilines is 1. The lowest BCUT2D eigenvalue weighted by Crippen LogP contribution is -2.33. The van der Waals surface area contributed by atoms with Crippen LogP contribution in [-0.4, -0.2) is 40.2 Å². The summed E-state index contributed by atoms with van der Waals surface area (Å²) >= 11 is 6.31. The third-order valence-electron chi connectivity index (χ3n) is 10.5. The summed E-state index contributed by atoms with van der Waals surface area (Å²) in [6.45, 7) is 4.53. The van der Waals surface area contributed by atoms with Gasteiger partial charge in [-0.25, -0.2) is 12.9 Å². The lowest BCUT2D eigenvalue weighted by molar-refractivity contribution is -0.123. The van der Waals surface area contributed by atoms with E-state index in [1.165, 1.54) is 57.1 Å². The molecule has 2 aromatic heterocycles. The van der Waals surface area contributed by atoms with Crippen molar-refractivity contribution in [2.45, 2.75) is 126 Å². The van der Waals surface area contributed by atoms with Crippen LogP contribution in [0.2, 0.25) is 5.02 Å². The Morgan fingerprint density at radius 3 is 1.98 bits per heavy atom. The molecule has 0 radical (unpaired) electrons. The summed E-state index contributed by atoms with van der Waals surface area (Å²) < 4.78 is 41.0. The zero-order valence-corrected chi connectivity index (χ0v) is 35.7. The molecule has 1 unspecified atom stereocenters. The van der Waals surface area contributed by atoms with Crippen molar-refractivity contribution in [1.82, 2.24) is 19.8 Å². The van der Waals surface area contributed by atoms with Gasteiger partial charge < -0.3 is 14.8 Å². The van der Waals surface area contributed by atoms with E-state index >= 15 is 0 Å². The van der Waals surface area contributed by atoms with E-state index in [-0.39, 0.29) is 15.7 Å². The average molecular weight is 839 g/mol. The second kappa shape index (κ2) is 21.8. The number of fused-ring (bicyclic) bond motifs is 1. The quantitative estimate of drug-likeness (QED) is 0.0581. The van der Waals surface area contributed by atoms with Crippen LogP contribution in [0.5, 0.6) is 11.5 Å². The molecule has 59 heavy (non-hydrogen) atoms. The van der Waals surface area contributed by atoms with E-state index in [1.807, 2.05) is 66.0 Å². The minimum absolute atomic E-state index is 0.136. The molecule has 4 aromatic carbocycles. The van der Waals surface area contributed by atoms with Crippen LogP contribution in [0, 0.1) is 6.92 Å². The average Bonchev–Trinajstić information content (AvgIpc) is 3.78. The summed E-state index contributed by atoms with van der Waals surface area (Å²) in [5.74, 6) is 1.60. The number of amides is 1. The fraction of sp³-hybridized carbons (Fsp3) is 0.383. The van der Waals surface area contributed by atoms with E-state index in [4.69, 9.17) is 21.1 Å². The summed E-state index contributed by atoms with van der Waals surface area (Å²) in [7, 11) is -3.79. The van der Waals surface area contributed by atoms with Gasteiger partial charge in [-0.1, -0.05) is 119 Å². The maximum absolute atomic E-state index is 13.7. The zero-order chi connectivity index (χ0) is 41.5. The molecule has 6 aromatic rings. The monoisotopic (exact) mass is 837 g/mol. The highest BCUT2D eigenvalue weighted by Gasteiger charge is 2.22. The molecule has 0 bridgehead atoms. The predicted molar refractivity (Wildman–Crippen MR) is 234 cm³/mol. The van der Waals surface area contributed by atoms with Crippen LogP contribution in [0.4, 0.5) is 5.69 Å². The maximum Gasteiger partial charge on any atom is 0.265 e. The van der Waals surface area contributed by atoms with Crippen molar-refractivity contribution in [2.75, 3.05) is 5.32 Å². The summed E-state index contributed by atoms with van der Waals surface area (Å²) in [6.07, 6.45) is 14.1. The van der Waals surface area contributed by atoms with E-state index < -0.39 is 15.9 Å². The minimum Gasteiger partial charge on any atom is -0.489 e. The first-order valence-corrected chi connectivity index (χ1v) is 22.8. The highest BCUT2D eigenvalue weighted by molar-refractivity contribution is 7.91. The molecule has 2 N–H and O–H groups in total. The number of benzene rings is 4. The van der Waals surface area contributed by atoms with Gasteiger partial charge in [-0.2, -0.15) is 0 Å². The van der Waals surface area contributed by atoms with Crippen molar-refractivity contribution < 1.29 is 22.7 Å². The number of aromatic amines is 1. The molecule has 6 rings (SSSR count). The normalized spacial score (nSPS) is 12.1. The molecule has 312 valence electrons. The van der Waals surface area contributed by atoms with E-state index in [1.54, 1.807) is 36.4 Å². The van der Waals surface area contributed by atoms with Crippen LogP contribution in [0.15, 0.2) is 113 Å². The molecular weight excluding hydrogens is 782 g/mol. The number of aryl methyl sites for hydroxylation is 3. The molecule has 10 nitrogen and oxygen atoms in total. The Morgan fingerprint density at radius 1 is 0.729 bits per heavy atom. The third kappa shape index (κ3) is 12.4. The van der Waals surface area contributed by atoms with Crippen LogP contribution in [-0.2, 0) is 34.1 Å². The summed E-state index contributed by atoms with van der Waals surface area (Å²) in [6, 6.07) is 30.4. The van der Waals surface area contributed by atoms with Crippen molar-refractivity contribution >= 4 is 38.7 Å². The van der Waals surface area contributed by atoms with Crippen molar-refractivity contribution in [3.05, 3.63) is 131 Å². The number of nitrogens with zero attached hydrogens (tertiary/aromatic N) is 3. The molecule has 12 heteroatoms. The van der Waals surface area contributed by atoms with Gasteiger partial charge in [-0.05, 0) is 104 Å². The number of hydrogen-bond acceptors (Lipinski definition) is 7. The van der Waals surface area contributed by atoms with E-state index in [0.29, 0.717) is 40.9 Å². The summed E-state index contributed by atoms with van der Waals surface area (Å²) in [5.41, 5.74) is 4.35. The van der Waals surface area contributed by atoms with Gasteiger partial charge in [-0.3, -0.25) is 9.89 Å². The molecule has 0 spiro atoms. The zero-order valence-electron chi connectivity index (χ0n) is 34.2. The number of carbonyl (C=O) groups excluding carboxylic acids is 1. The Labute approximate surface area is 353 Å². The van der Waals surface area contributed by atoms with Crippen molar-refractivity contribution in [3.63, 3.8) is 0 Å². The Bertz CT molecular complexity index is 2310. The molecule has 1 amide bonds. The number of H-pyrrole nitrogens is 1. The van der Waals surface area contributed by atoms with Crippen LogP contribution in [0.25, 0.3) is 5.65 Å². The third-order valence-corrected chi connectivity index (χ3v) is 12.8. The van der Waals surface area contributed by atoms with Crippen LogP contribution >= 0.6 is 11.6 Å². The first-order valence-electron chi connectivity index (χ1n) is 21.0. The number of carbonyl (C=O) groups is 1. The van der Waals surface area contributed by atoms with Gasteiger partial charge in [0, 0.05) is 12.1 Å². The van der Waals surface area contributed by atoms with Gasteiger partial charge >= 0.3 is 0 Å². The van der Waals surface area contributed by atoms with Gasteiger partial charge in [0.2, 0.25) is 9.84 Å². The molecule has 0 fully saturated rings. The van der Waals surface area contributed by atoms with E-state index in [0.717, 1.165) is 61.2 Å².